The maximum absolute atomic E-state index is 11.1. The van der Waals surface area contributed by atoms with Crippen LogP contribution in [0, 0.1) is 0 Å². The number of methoxy groups -OCH3 is 1. The van der Waals surface area contributed by atoms with E-state index in [1.807, 2.05) is 0 Å². The van der Waals surface area contributed by atoms with Crippen LogP contribution >= 0.6 is 0 Å². The summed E-state index contributed by atoms with van der Waals surface area (Å²) in [7, 11) is 1.49. The SMILES string of the molecule is CCOC(=O)CC=Cc1cccc(OC)c1O. The van der Waals surface area contributed by atoms with Crippen molar-refractivity contribution in [2.75, 3.05) is 13.7 Å². The van der Waals surface area contributed by atoms with Crippen molar-refractivity contribution >= 4 is 12.0 Å². The molecule has 1 aromatic carbocycles. The number of benzene rings is 1. The van der Waals surface area contributed by atoms with Crippen molar-refractivity contribution < 1.29 is 19.4 Å². The fourth-order valence-electron chi connectivity index (χ4n) is 1.34. The fourth-order valence-corrected chi connectivity index (χ4v) is 1.34. The summed E-state index contributed by atoms with van der Waals surface area (Å²) in [5, 5.41) is 9.76. The minimum Gasteiger partial charge on any atom is -0.504 e. The van der Waals surface area contributed by atoms with E-state index in [1.165, 1.54) is 7.11 Å². The summed E-state index contributed by atoms with van der Waals surface area (Å²) in [4.78, 5) is 11.1. The highest BCUT2D eigenvalue weighted by Gasteiger charge is 2.04. The van der Waals surface area contributed by atoms with Gasteiger partial charge in [-0.2, -0.15) is 0 Å². The first-order chi connectivity index (χ1) is 8.19. The Hall–Kier alpha value is -1.97. The standard InChI is InChI=1S/C13H16O4/c1-3-17-12(14)9-5-7-10-6-4-8-11(16-2)13(10)15/h4-8,15H,3,9H2,1-2H3. The quantitative estimate of drug-likeness (QED) is 0.797. The number of hydrogen-bond acceptors (Lipinski definition) is 4. The van der Waals surface area contributed by atoms with Gasteiger partial charge in [0.05, 0.1) is 20.1 Å². The molecule has 92 valence electrons. The Morgan fingerprint density at radius 2 is 2.24 bits per heavy atom. The van der Waals surface area contributed by atoms with E-state index >= 15 is 0 Å². The van der Waals surface area contributed by atoms with Gasteiger partial charge in [-0.3, -0.25) is 4.79 Å². The van der Waals surface area contributed by atoms with Gasteiger partial charge in [0.15, 0.2) is 11.5 Å². The molecule has 0 fully saturated rings. The van der Waals surface area contributed by atoms with E-state index in [1.54, 1.807) is 37.3 Å². The molecule has 0 aliphatic rings. The number of phenols is 1. The number of para-hydroxylation sites is 1. The molecule has 0 aliphatic carbocycles. The summed E-state index contributed by atoms with van der Waals surface area (Å²) in [5.74, 6) is 0.185. The number of carbonyl (C=O) groups is 1. The minimum atomic E-state index is -0.286. The van der Waals surface area contributed by atoms with Crippen LogP contribution in [0.25, 0.3) is 6.08 Å². The lowest BCUT2D eigenvalue weighted by Crippen LogP contribution is -2.01. The molecule has 0 aliphatic heterocycles. The monoisotopic (exact) mass is 236 g/mol. The van der Waals surface area contributed by atoms with Crippen LogP contribution in [-0.2, 0) is 9.53 Å². The Labute approximate surface area is 100 Å². The van der Waals surface area contributed by atoms with Gasteiger partial charge >= 0.3 is 5.97 Å². The van der Waals surface area contributed by atoms with Crippen LogP contribution in [0.5, 0.6) is 11.5 Å². The van der Waals surface area contributed by atoms with E-state index in [2.05, 4.69) is 0 Å². The van der Waals surface area contributed by atoms with Crippen molar-refractivity contribution in [1.29, 1.82) is 0 Å². The van der Waals surface area contributed by atoms with Gasteiger partial charge in [-0.25, -0.2) is 0 Å². The molecular formula is C13H16O4. The zero-order chi connectivity index (χ0) is 12.7. The highest BCUT2D eigenvalue weighted by atomic mass is 16.5. The molecule has 1 aromatic rings. The molecule has 0 spiro atoms. The molecule has 0 unspecified atom stereocenters. The number of rotatable bonds is 5. The predicted octanol–water partition coefficient (Wildman–Crippen LogP) is 2.37. The largest absolute Gasteiger partial charge is 0.504 e. The number of aromatic hydroxyl groups is 1. The number of hydrogen-bond donors (Lipinski definition) is 1. The zero-order valence-electron chi connectivity index (χ0n) is 9.97. The second-order valence-electron chi connectivity index (χ2n) is 3.31. The third kappa shape index (κ3) is 3.83. The lowest BCUT2D eigenvalue weighted by Gasteiger charge is -2.05. The van der Waals surface area contributed by atoms with E-state index in [9.17, 15) is 9.90 Å². The molecule has 1 N–H and O–H groups in total. The van der Waals surface area contributed by atoms with E-state index in [4.69, 9.17) is 9.47 Å². The van der Waals surface area contributed by atoms with Crippen LogP contribution < -0.4 is 4.74 Å². The van der Waals surface area contributed by atoms with Gasteiger partial charge in [-0.15, -0.1) is 0 Å². The number of esters is 1. The zero-order valence-corrected chi connectivity index (χ0v) is 9.97. The summed E-state index contributed by atoms with van der Waals surface area (Å²) in [6.45, 7) is 2.13. The normalized spacial score (nSPS) is 10.5. The Morgan fingerprint density at radius 1 is 1.47 bits per heavy atom. The first-order valence-electron chi connectivity index (χ1n) is 5.37. The van der Waals surface area contributed by atoms with Gasteiger partial charge in [0.2, 0.25) is 0 Å². The van der Waals surface area contributed by atoms with E-state index in [-0.39, 0.29) is 18.1 Å². The van der Waals surface area contributed by atoms with E-state index in [0.717, 1.165) is 0 Å². The van der Waals surface area contributed by atoms with Crippen molar-refractivity contribution in [2.45, 2.75) is 13.3 Å². The summed E-state index contributed by atoms with van der Waals surface area (Å²) < 4.78 is 9.75. The molecule has 0 aromatic heterocycles. The topological polar surface area (TPSA) is 55.8 Å². The summed E-state index contributed by atoms with van der Waals surface area (Å²) in [5.41, 5.74) is 0.605. The smallest absolute Gasteiger partial charge is 0.309 e. The maximum atomic E-state index is 11.1. The Kier molecular flexibility index (Phi) is 5.07. The Balaban J connectivity index is 2.68. The van der Waals surface area contributed by atoms with Gasteiger partial charge in [0, 0.05) is 5.56 Å². The van der Waals surface area contributed by atoms with E-state index in [0.29, 0.717) is 17.9 Å². The molecule has 0 heterocycles. The second-order valence-corrected chi connectivity index (χ2v) is 3.31. The molecule has 4 nitrogen and oxygen atoms in total. The maximum Gasteiger partial charge on any atom is 0.309 e. The number of carbonyl (C=O) groups excluding carboxylic acids is 1. The summed E-state index contributed by atoms with van der Waals surface area (Å²) in [6.07, 6.45) is 3.49. The van der Waals surface area contributed by atoms with Gasteiger partial charge in [-0.1, -0.05) is 24.3 Å². The molecule has 1 rings (SSSR count). The van der Waals surface area contributed by atoms with Gasteiger partial charge in [0.1, 0.15) is 0 Å². The average molecular weight is 236 g/mol. The number of phenolic OH excluding ortho intramolecular Hbond substituents is 1. The minimum absolute atomic E-state index is 0.0649. The van der Waals surface area contributed by atoms with Crippen LogP contribution in [0.4, 0.5) is 0 Å². The third-order valence-electron chi connectivity index (χ3n) is 2.14. The first kappa shape index (κ1) is 13.1. The van der Waals surface area contributed by atoms with Crippen LogP contribution in [-0.4, -0.2) is 24.8 Å². The summed E-state index contributed by atoms with van der Waals surface area (Å²) >= 11 is 0. The summed E-state index contributed by atoms with van der Waals surface area (Å²) in [6, 6.07) is 5.17. The lowest BCUT2D eigenvalue weighted by molar-refractivity contribution is -0.142. The van der Waals surface area contributed by atoms with Crippen molar-refractivity contribution in [3.05, 3.63) is 29.8 Å². The van der Waals surface area contributed by atoms with Crippen LogP contribution in [0.15, 0.2) is 24.3 Å². The Morgan fingerprint density at radius 3 is 2.88 bits per heavy atom. The van der Waals surface area contributed by atoms with Crippen molar-refractivity contribution in [3.8, 4) is 11.5 Å². The molecule has 0 amide bonds. The Bertz CT molecular complexity index is 410. The first-order valence-corrected chi connectivity index (χ1v) is 5.37. The van der Waals surface area contributed by atoms with Gasteiger partial charge in [0.25, 0.3) is 0 Å². The molecule has 17 heavy (non-hydrogen) atoms. The van der Waals surface area contributed by atoms with E-state index < -0.39 is 0 Å². The van der Waals surface area contributed by atoms with Crippen molar-refractivity contribution in [2.24, 2.45) is 0 Å². The molecule has 0 saturated carbocycles. The van der Waals surface area contributed by atoms with Crippen molar-refractivity contribution in [3.63, 3.8) is 0 Å². The molecular weight excluding hydrogens is 220 g/mol. The van der Waals surface area contributed by atoms with Crippen LogP contribution in [0.2, 0.25) is 0 Å². The van der Waals surface area contributed by atoms with Gasteiger partial charge in [-0.05, 0) is 13.0 Å². The molecule has 0 radical (unpaired) electrons. The second kappa shape index (κ2) is 6.58. The van der Waals surface area contributed by atoms with Gasteiger partial charge < -0.3 is 14.6 Å². The van der Waals surface area contributed by atoms with Crippen LogP contribution in [0.1, 0.15) is 18.9 Å². The highest BCUT2D eigenvalue weighted by Crippen LogP contribution is 2.30. The molecule has 0 atom stereocenters. The molecule has 0 saturated heterocycles. The third-order valence-corrected chi connectivity index (χ3v) is 2.14. The number of ether oxygens (including phenoxy) is 2. The highest BCUT2D eigenvalue weighted by molar-refractivity contribution is 5.73. The molecule has 0 bridgehead atoms. The predicted molar refractivity (Wildman–Crippen MR) is 64.9 cm³/mol. The van der Waals surface area contributed by atoms with Crippen molar-refractivity contribution in [1.82, 2.24) is 0 Å². The van der Waals surface area contributed by atoms with Crippen LogP contribution in [0.3, 0.4) is 0 Å². The average Bonchev–Trinajstić information content (AvgIpc) is 2.32. The fraction of sp³-hybridized carbons (Fsp3) is 0.308. The molecule has 4 heteroatoms. The lowest BCUT2D eigenvalue weighted by atomic mass is 10.1.